The largest absolute Gasteiger partial charge is 0.494 e. The lowest BCUT2D eigenvalue weighted by molar-refractivity contribution is -0.111. The second-order valence-corrected chi connectivity index (χ2v) is 9.95. The van der Waals surface area contributed by atoms with Crippen LogP contribution in [0.15, 0.2) is 65.9 Å². The molecular formula is C30H32N6O5. The second-order valence-electron chi connectivity index (χ2n) is 9.95. The molecule has 1 atom stereocenters. The van der Waals surface area contributed by atoms with E-state index in [1.54, 1.807) is 19.2 Å². The highest BCUT2D eigenvalue weighted by molar-refractivity contribution is 6.03. The molecule has 0 saturated carbocycles. The number of para-hydroxylation sites is 1. The van der Waals surface area contributed by atoms with Gasteiger partial charge in [-0.25, -0.2) is 14.8 Å². The van der Waals surface area contributed by atoms with E-state index in [0.29, 0.717) is 34.3 Å². The molecule has 3 N–H and O–H groups in total. The second kappa shape index (κ2) is 11.7. The van der Waals surface area contributed by atoms with E-state index in [1.165, 1.54) is 18.5 Å². The minimum absolute atomic E-state index is 0.0677. The summed E-state index contributed by atoms with van der Waals surface area (Å²) in [5, 5.41) is 16.6. The van der Waals surface area contributed by atoms with E-state index in [4.69, 9.17) is 9.15 Å². The first-order chi connectivity index (χ1) is 19.8. The highest BCUT2D eigenvalue weighted by Crippen LogP contribution is 2.39. The van der Waals surface area contributed by atoms with E-state index in [9.17, 15) is 14.7 Å². The Bertz CT molecular complexity index is 1620. The molecule has 0 bridgehead atoms. The number of carbonyl (C=O) groups excluding carboxylic acids is 1. The van der Waals surface area contributed by atoms with Crippen molar-refractivity contribution in [2.24, 2.45) is 0 Å². The number of methoxy groups -OCH3 is 1. The molecule has 3 heterocycles. The number of ether oxygens (including phenoxy) is 1. The van der Waals surface area contributed by atoms with Crippen LogP contribution in [-0.4, -0.2) is 72.2 Å². The molecule has 41 heavy (non-hydrogen) atoms. The van der Waals surface area contributed by atoms with Gasteiger partial charge in [-0.05, 0) is 44.6 Å². The molecule has 0 unspecified atom stereocenters. The van der Waals surface area contributed by atoms with Crippen LogP contribution in [0.25, 0.3) is 22.2 Å². The van der Waals surface area contributed by atoms with Crippen molar-refractivity contribution >= 4 is 45.9 Å². The van der Waals surface area contributed by atoms with Crippen LogP contribution in [0.4, 0.5) is 23.0 Å². The van der Waals surface area contributed by atoms with Crippen molar-refractivity contribution in [2.75, 3.05) is 49.8 Å². The van der Waals surface area contributed by atoms with E-state index >= 15 is 0 Å². The minimum atomic E-state index is -1.16. The molecular weight excluding hydrogens is 524 g/mol. The summed E-state index contributed by atoms with van der Waals surface area (Å²) in [5.41, 5.74) is 3.08. The molecule has 0 radical (unpaired) electrons. The number of nitrogens with zero attached hydrogens (tertiary/aromatic N) is 4. The number of nitrogens with one attached hydrogen (secondary N) is 2. The number of aromatic carboxylic acids is 1. The standard InChI is InChI=1S/C30H32N6O5/c1-5-27(37)32-22-13-23(26(40-4)14-24(22)36(3)16-18-9-8-12-35(18)2)33-30-31-15-20(29(38)39)28(34-30)21-17-41-25-11-7-6-10-19(21)25/h5-7,10-11,13-15,17-18H,1,8-9,12,16H2,2-4H3,(H,32,37)(H,38,39)(H,31,33,34)/t18-/m1/s1. The Hall–Kier alpha value is -4.90. The van der Waals surface area contributed by atoms with Crippen LogP contribution in [-0.2, 0) is 4.79 Å². The summed E-state index contributed by atoms with van der Waals surface area (Å²) in [4.78, 5) is 37.6. The van der Waals surface area contributed by atoms with Crippen LogP contribution in [0, 0.1) is 0 Å². The van der Waals surface area contributed by atoms with Crippen LogP contribution in [0.3, 0.4) is 0 Å². The van der Waals surface area contributed by atoms with Crippen LogP contribution in [0.5, 0.6) is 5.75 Å². The molecule has 11 heteroatoms. The summed E-state index contributed by atoms with van der Waals surface area (Å²) in [6, 6.07) is 11.3. The van der Waals surface area contributed by atoms with E-state index in [2.05, 4.69) is 44.0 Å². The Kier molecular flexibility index (Phi) is 7.88. The summed E-state index contributed by atoms with van der Waals surface area (Å²) < 4.78 is 11.3. The highest BCUT2D eigenvalue weighted by Gasteiger charge is 2.25. The maximum Gasteiger partial charge on any atom is 0.339 e. The summed E-state index contributed by atoms with van der Waals surface area (Å²) >= 11 is 0. The Morgan fingerprint density at radius 3 is 2.80 bits per heavy atom. The summed E-state index contributed by atoms with van der Waals surface area (Å²) in [7, 11) is 5.65. The van der Waals surface area contributed by atoms with Crippen LogP contribution in [0.1, 0.15) is 23.2 Å². The van der Waals surface area contributed by atoms with E-state index < -0.39 is 5.97 Å². The van der Waals surface area contributed by atoms with Crippen molar-refractivity contribution in [1.82, 2.24) is 14.9 Å². The van der Waals surface area contributed by atoms with Gasteiger partial charge in [0.15, 0.2) is 0 Å². The number of aromatic nitrogens is 2. The average Bonchev–Trinajstić information content (AvgIpc) is 3.58. The van der Waals surface area contributed by atoms with Gasteiger partial charge in [0, 0.05) is 42.8 Å². The number of anilines is 4. The lowest BCUT2D eigenvalue weighted by atomic mass is 10.1. The molecule has 2 aromatic carbocycles. The van der Waals surface area contributed by atoms with Crippen LogP contribution >= 0.6 is 0 Å². The van der Waals surface area contributed by atoms with Gasteiger partial charge in [-0.15, -0.1) is 0 Å². The summed E-state index contributed by atoms with van der Waals surface area (Å²) in [6.07, 6.45) is 6.20. The molecule has 1 aliphatic heterocycles. The average molecular weight is 557 g/mol. The SMILES string of the molecule is C=CC(=O)Nc1cc(Nc2ncc(C(=O)O)c(-c3coc4ccccc34)n2)c(OC)cc1N(C)C[C@H]1CCCN1C. The number of rotatable bonds is 10. The summed E-state index contributed by atoms with van der Waals surface area (Å²) in [5.74, 6) is -0.887. The monoisotopic (exact) mass is 556 g/mol. The van der Waals surface area contributed by atoms with E-state index in [0.717, 1.165) is 37.0 Å². The quantitative estimate of drug-likeness (QED) is 0.229. The molecule has 5 rings (SSSR count). The number of amides is 1. The number of furan rings is 1. The van der Waals surface area contributed by atoms with Crippen molar-refractivity contribution in [3.05, 3.63) is 67.1 Å². The number of hydrogen-bond acceptors (Lipinski definition) is 9. The fraction of sp³-hybridized carbons (Fsp3) is 0.267. The third-order valence-electron chi connectivity index (χ3n) is 7.33. The number of carbonyl (C=O) groups is 2. The predicted octanol–water partition coefficient (Wildman–Crippen LogP) is 5.00. The van der Waals surface area contributed by atoms with Crippen molar-refractivity contribution in [3.63, 3.8) is 0 Å². The lowest BCUT2D eigenvalue weighted by Crippen LogP contribution is -2.37. The van der Waals surface area contributed by atoms with Crippen molar-refractivity contribution in [2.45, 2.75) is 18.9 Å². The molecule has 0 spiro atoms. The Morgan fingerprint density at radius 1 is 1.29 bits per heavy atom. The van der Waals surface area contributed by atoms with Crippen molar-refractivity contribution in [3.8, 4) is 17.0 Å². The maximum atomic E-state index is 12.4. The Balaban J connectivity index is 1.54. The van der Waals surface area contributed by atoms with Gasteiger partial charge in [-0.1, -0.05) is 24.8 Å². The normalized spacial score (nSPS) is 15.0. The van der Waals surface area contributed by atoms with Crippen LogP contribution in [0.2, 0.25) is 0 Å². The van der Waals surface area contributed by atoms with Gasteiger partial charge in [0.1, 0.15) is 23.2 Å². The molecule has 2 aromatic heterocycles. The number of hydrogen-bond donors (Lipinski definition) is 3. The zero-order valence-electron chi connectivity index (χ0n) is 23.2. The third kappa shape index (κ3) is 5.71. The first kappa shape index (κ1) is 27.7. The van der Waals surface area contributed by atoms with Crippen LogP contribution < -0.4 is 20.3 Å². The van der Waals surface area contributed by atoms with Gasteiger partial charge < -0.3 is 34.7 Å². The van der Waals surface area contributed by atoms with Gasteiger partial charge in [0.05, 0.1) is 29.9 Å². The van der Waals surface area contributed by atoms with E-state index in [1.807, 2.05) is 31.3 Å². The Morgan fingerprint density at radius 2 is 2.10 bits per heavy atom. The van der Waals surface area contributed by atoms with E-state index in [-0.39, 0.29) is 23.1 Å². The predicted molar refractivity (Wildman–Crippen MR) is 158 cm³/mol. The number of likely N-dealkylation sites (N-methyl/N-ethyl adjacent to an activating group) is 2. The summed E-state index contributed by atoms with van der Waals surface area (Å²) in [6.45, 7) is 5.40. The Labute approximate surface area is 237 Å². The third-order valence-corrected chi connectivity index (χ3v) is 7.33. The smallest absolute Gasteiger partial charge is 0.339 e. The van der Waals surface area contributed by atoms with Gasteiger partial charge in [-0.2, -0.15) is 0 Å². The molecule has 1 fully saturated rings. The fourth-order valence-electron chi connectivity index (χ4n) is 5.15. The maximum absolute atomic E-state index is 12.4. The van der Waals surface area contributed by atoms with Gasteiger partial charge >= 0.3 is 5.97 Å². The zero-order chi connectivity index (χ0) is 29.1. The molecule has 1 amide bonds. The first-order valence-electron chi connectivity index (χ1n) is 13.2. The number of carboxylic acid groups (broad SMARTS) is 1. The topological polar surface area (TPSA) is 133 Å². The number of fused-ring (bicyclic) bond motifs is 1. The molecule has 11 nitrogen and oxygen atoms in total. The molecule has 1 aliphatic rings. The number of benzene rings is 2. The van der Waals surface area contributed by atoms with Gasteiger partial charge in [-0.3, -0.25) is 4.79 Å². The van der Waals surface area contributed by atoms with Gasteiger partial charge in [0.2, 0.25) is 11.9 Å². The fourth-order valence-corrected chi connectivity index (χ4v) is 5.15. The molecule has 4 aromatic rings. The van der Waals surface area contributed by atoms with Crippen molar-refractivity contribution in [1.29, 1.82) is 0 Å². The number of carboxylic acids is 1. The number of likely N-dealkylation sites (tertiary alicyclic amines) is 1. The van der Waals surface area contributed by atoms with Gasteiger partial charge in [0.25, 0.3) is 0 Å². The molecule has 1 saturated heterocycles. The molecule has 212 valence electrons. The lowest BCUT2D eigenvalue weighted by Gasteiger charge is -2.29. The highest BCUT2D eigenvalue weighted by atomic mass is 16.5. The van der Waals surface area contributed by atoms with Crippen molar-refractivity contribution < 1.29 is 23.8 Å². The first-order valence-corrected chi connectivity index (χ1v) is 13.2. The molecule has 0 aliphatic carbocycles. The minimum Gasteiger partial charge on any atom is -0.494 e. The zero-order valence-corrected chi connectivity index (χ0v) is 23.2.